The molecule has 1 aliphatic rings. The Morgan fingerprint density at radius 1 is 1.19 bits per heavy atom. The van der Waals surface area contributed by atoms with Crippen molar-refractivity contribution in [2.45, 2.75) is 0 Å². The predicted molar refractivity (Wildman–Crippen MR) is 77.0 cm³/mol. The molecule has 106 valence electrons. The zero-order chi connectivity index (χ0) is 14.1. The van der Waals surface area contributed by atoms with Gasteiger partial charge in [0.2, 0.25) is 5.95 Å². The van der Waals surface area contributed by atoms with Gasteiger partial charge < -0.3 is 10.2 Å². The minimum Gasteiger partial charge on any atom is -0.354 e. The van der Waals surface area contributed by atoms with Gasteiger partial charge >= 0.3 is 0 Å². The van der Waals surface area contributed by atoms with Crippen LogP contribution in [0.25, 0.3) is 5.65 Å². The summed E-state index contributed by atoms with van der Waals surface area (Å²) in [5, 5.41) is 15.5. The van der Waals surface area contributed by atoms with Crippen LogP contribution in [-0.2, 0) is 0 Å². The fraction of sp³-hybridized carbons (Fsp3) is 0.308. The Labute approximate surface area is 120 Å². The Kier molecular flexibility index (Phi) is 2.84. The molecule has 0 bridgehead atoms. The van der Waals surface area contributed by atoms with E-state index in [0.29, 0.717) is 11.9 Å². The van der Waals surface area contributed by atoms with Crippen molar-refractivity contribution in [1.82, 2.24) is 29.8 Å². The standard InChI is InChI=1S/C13H14N8/c1-4-14-13(15-5-1)16-6-10-7-20(8-10)12-3-2-11-18-17-9-21(11)19-12/h1-5,9-10H,6-8H2,(H,14,15,16). The summed E-state index contributed by atoms with van der Waals surface area (Å²) >= 11 is 0. The van der Waals surface area contributed by atoms with Gasteiger partial charge in [-0.2, -0.15) is 4.52 Å². The van der Waals surface area contributed by atoms with Crippen molar-refractivity contribution in [3.05, 3.63) is 36.9 Å². The quantitative estimate of drug-likeness (QED) is 0.744. The molecule has 0 amide bonds. The third-order valence-corrected chi connectivity index (χ3v) is 3.54. The highest BCUT2D eigenvalue weighted by atomic mass is 15.4. The molecular weight excluding hydrogens is 268 g/mol. The van der Waals surface area contributed by atoms with E-state index in [0.717, 1.165) is 31.1 Å². The third kappa shape index (κ3) is 2.35. The van der Waals surface area contributed by atoms with Gasteiger partial charge in [0.1, 0.15) is 12.1 Å². The largest absolute Gasteiger partial charge is 0.354 e. The van der Waals surface area contributed by atoms with E-state index in [1.165, 1.54) is 0 Å². The van der Waals surface area contributed by atoms with E-state index in [1.54, 1.807) is 23.2 Å². The van der Waals surface area contributed by atoms with Gasteiger partial charge in [-0.15, -0.1) is 15.3 Å². The minimum atomic E-state index is 0.576. The van der Waals surface area contributed by atoms with Gasteiger partial charge in [0.15, 0.2) is 5.65 Å². The molecule has 21 heavy (non-hydrogen) atoms. The Morgan fingerprint density at radius 3 is 2.90 bits per heavy atom. The first-order valence-corrected chi connectivity index (χ1v) is 6.81. The zero-order valence-electron chi connectivity index (χ0n) is 11.3. The van der Waals surface area contributed by atoms with E-state index in [9.17, 15) is 0 Å². The first-order valence-electron chi connectivity index (χ1n) is 6.81. The van der Waals surface area contributed by atoms with Crippen LogP contribution in [0.3, 0.4) is 0 Å². The summed E-state index contributed by atoms with van der Waals surface area (Å²) in [4.78, 5) is 10.5. The molecule has 1 fully saturated rings. The molecule has 1 N–H and O–H groups in total. The van der Waals surface area contributed by atoms with Crippen LogP contribution in [0.5, 0.6) is 0 Å². The van der Waals surface area contributed by atoms with Crippen LogP contribution >= 0.6 is 0 Å². The second kappa shape index (κ2) is 4.97. The van der Waals surface area contributed by atoms with E-state index < -0.39 is 0 Å². The molecule has 0 unspecified atom stereocenters. The molecule has 8 nitrogen and oxygen atoms in total. The molecule has 4 heterocycles. The summed E-state index contributed by atoms with van der Waals surface area (Å²) in [5.41, 5.74) is 0.763. The van der Waals surface area contributed by atoms with Crippen molar-refractivity contribution in [1.29, 1.82) is 0 Å². The summed E-state index contributed by atoms with van der Waals surface area (Å²) in [5.74, 6) is 2.21. The number of aromatic nitrogens is 6. The van der Waals surface area contributed by atoms with Crippen molar-refractivity contribution in [3.63, 3.8) is 0 Å². The smallest absolute Gasteiger partial charge is 0.222 e. The summed E-state index contributed by atoms with van der Waals surface area (Å²) in [6.07, 6.45) is 5.09. The number of rotatable bonds is 4. The molecule has 1 saturated heterocycles. The molecule has 3 aromatic heterocycles. The van der Waals surface area contributed by atoms with Crippen molar-refractivity contribution in [2.24, 2.45) is 5.92 Å². The third-order valence-electron chi connectivity index (χ3n) is 3.54. The Bertz CT molecular complexity index is 734. The summed E-state index contributed by atoms with van der Waals surface area (Å²) in [7, 11) is 0. The lowest BCUT2D eigenvalue weighted by atomic mass is 10.0. The first-order chi connectivity index (χ1) is 10.4. The van der Waals surface area contributed by atoms with Gasteiger partial charge in [-0.3, -0.25) is 0 Å². The van der Waals surface area contributed by atoms with Crippen LogP contribution in [0.4, 0.5) is 11.8 Å². The highest BCUT2D eigenvalue weighted by Crippen LogP contribution is 2.22. The molecule has 0 radical (unpaired) electrons. The number of fused-ring (bicyclic) bond motifs is 1. The molecule has 8 heteroatoms. The van der Waals surface area contributed by atoms with Gasteiger partial charge in [0.25, 0.3) is 0 Å². The molecule has 3 aromatic rings. The molecular formula is C13H14N8. The van der Waals surface area contributed by atoms with Gasteiger partial charge in [0, 0.05) is 37.9 Å². The maximum absolute atomic E-state index is 4.48. The number of hydrogen-bond acceptors (Lipinski definition) is 7. The normalized spacial score (nSPS) is 15.1. The minimum absolute atomic E-state index is 0.576. The SMILES string of the molecule is c1cnc(NCC2CN(c3ccc4nncn4n3)C2)nc1. The van der Waals surface area contributed by atoms with E-state index in [2.05, 4.69) is 35.5 Å². The van der Waals surface area contributed by atoms with E-state index in [1.807, 2.05) is 18.2 Å². The van der Waals surface area contributed by atoms with Crippen molar-refractivity contribution < 1.29 is 0 Å². The summed E-state index contributed by atoms with van der Waals surface area (Å²) in [6.45, 7) is 2.82. The number of hydrogen-bond donors (Lipinski definition) is 1. The fourth-order valence-corrected chi connectivity index (χ4v) is 2.40. The lowest BCUT2D eigenvalue weighted by Crippen LogP contribution is -2.50. The number of nitrogens with one attached hydrogen (secondary N) is 1. The summed E-state index contributed by atoms with van der Waals surface area (Å²) < 4.78 is 1.69. The second-order valence-electron chi connectivity index (χ2n) is 5.05. The first kappa shape index (κ1) is 12.0. The number of anilines is 2. The van der Waals surface area contributed by atoms with Crippen molar-refractivity contribution in [3.8, 4) is 0 Å². The molecule has 0 saturated carbocycles. The van der Waals surface area contributed by atoms with E-state index >= 15 is 0 Å². The van der Waals surface area contributed by atoms with Crippen molar-refractivity contribution in [2.75, 3.05) is 29.9 Å². The maximum Gasteiger partial charge on any atom is 0.222 e. The highest BCUT2D eigenvalue weighted by molar-refractivity contribution is 5.47. The van der Waals surface area contributed by atoms with Crippen LogP contribution in [0.2, 0.25) is 0 Å². The second-order valence-corrected chi connectivity index (χ2v) is 5.05. The Balaban J connectivity index is 1.34. The molecule has 0 aromatic carbocycles. The zero-order valence-corrected chi connectivity index (χ0v) is 11.3. The average molecular weight is 282 g/mol. The van der Waals surface area contributed by atoms with Gasteiger partial charge in [-0.05, 0) is 18.2 Å². The highest BCUT2D eigenvalue weighted by Gasteiger charge is 2.27. The Morgan fingerprint density at radius 2 is 2.05 bits per heavy atom. The van der Waals surface area contributed by atoms with Crippen molar-refractivity contribution >= 4 is 17.4 Å². The monoisotopic (exact) mass is 282 g/mol. The maximum atomic E-state index is 4.48. The van der Waals surface area contributed by atoms with E-state index in [4.69, 9.17) is 0 Å². The van der Waals surface area contributed by atoms with Gasteiger partial charge in [-0.1, -0.05) is 0 Å². The number of nitrogens with zero attached hydrogens (tertiary/aromatic N) is 7. The fourth-order valence-electron chi connectivity index (χ4n) is 2.40. The average Bonchev–Trinajstić information content (AvgIpc) is 2.94. The Hall–Kier alpha value is -2.77. The van der Waals surface area contributed by atoms with Crippen LogP contribution < -0.4 is 10.2 Å². The van der Waals surface area contributed by atoms with Gasteiger partial charge in [-0.25, -0.2) is 9.97 Å². The van der Waals surface area contributed by atoms with Crippen LogP contribution in [0, 0.1) is 5.92 Å². The van der Waals surface area contributed by atoms with E-state index in [-0.39, 0.29) is 0 Å². The molecule has 0 spiro atoms. The summed E-state index contributed by atoms with van der Waals surface area (Å²) in [6, 6.07) is 5.72. The lowest BCUT2D eigenvalue weighted by Gasteiger charge is -2.40. The van der Waals surface area contributed by atoms with Crippen LogP contribution in [0.15, 0.2) is 36.9 Å². The lowest BCUT2D eigenvalue weighted by molar-refractivity contribution is 0.424. The predicted octanol–water partition coefficient (Wildman–Crippen LogP) is 0.463. The topological polar surface area (TPSA) is 84.1 Å². The molecule has 0 aliphatic carbocycles. The van der Waals surface area contributed by atoms with Crippen LogP contribution in [0.1, 0.15) is 0 Å². The van der Waals surface area contributed by atoms with Gasteiger partial charge in [0.05, 0.1) is 0 Å². The molecule has 1 aliphatic heterocycles. The molecule has 0 atom stereocenters. The molecule has 4 rings (SSSR count). The van der Waals surface area contributed by atoms with Crippen LogP contribution in [-0.4, -0.2) is 49.4 Å².